The van der Waals surface area contributed by atoms with Crippen molar-refractivity contribution in [3.05, 3.63) is 23.3 Å². The summed E-state index contributed by atoms with van der Waals surface area (Å²) in [6.45, 7) is 11.5. The number of nitrogens with zero attached hydrogens (tertiary/aromatic N) is 1. The number of piperidine rings is 1. The Kier molecular flexibility index (Phi) is 14.6. The van der Waals surface area contributed by atoms with Crippen LogP contribution in [0.25, 0.3) is 0 Å². The molecule has 0 spiro atoms. The van der Waals surface area contributed by atoms with Crippen molar-refractivity contribution in [2.45, 2.75) is 155 Å². The third-order valence-electron chi connectivity index (χ3n) is 11.9. The van der Waals surface area contributed by atoms with Gasteiger partial charge in [-0.2, -0.15) is 0 Å². The van der Waals surface area contributed by atoms with E-state index >= 15 is 0 Å². The molecule has 11 atom stereocenters. The third-order valence-corrected chi connectivity index (χ3v) is 11.9. The average Bonchev–Trinajstić information content (AvgIpc) is 3.09. The van der Waals surface area contributed by atoms with Crippen molar-refractivity contribution in [1.29, 1.82) is 0 Å². The summed E-state index contributed by atoms with van der Waals surface area (Å²) in [4.78, 5) is 57.1. The Bertz CT molecular complexity index is 1310. The van der Waals surface area contributed by atoms with Gasteiger partial charge in [-0.1, -0.05) is 51.8 Å². The topological polar surface area (TPSA) is 149 Å². The minimum atomic E-state index is -2.46. The molecule has 2 N–H and O–H groups in total. The normalized spacial score (nSPS) is 40.0. The van der Waals surface area contributed by atoms with Crippen LogP contribution in [0.5, 0.6) is 0 Å². The zero-order valence-electron chi connectivity index (χ0n) is 32.1. The van der Waals surface area contributed by atoms with Gasteiger partial charge in [0, 0.05) is 44.9 Å². The molecule has 0 unspecified atom stereocenters. The number of Topliss-reactive ketones (excluding diaryl/α,β-unsaturated/α-hetero) is 2. The summed E-state index contributed by atoms with van der Waals surface area (Å²) in [6.07, 6.45) is 6.75. The van der Waals surface area contributed by atoms with Gasteiger partial charge in [0.25, 0.3) is 11.7 Å². The maximum Gasteiger partial charge on any atom is 0.329 e. The Labute approximate surface area is 304 Å². The Balaban J connectivity index is 1.75. The van der Waals surface area contributed by atoms with Crippen molar-refractivity contribution in [2.24, 2.45) is 29.6 Å². The van der Waals surface area contributed by atoms with Crippen LogP contribution < -0.4 is 0 Å². The van der Waals surface area contributed by atoms with Gasteiger partial charge in [-0.25, -0.2) is 4.79 Å². The number of allylic oxidation sites excluding steroid dienone is 3. The van der Waals surface area contributed by atoms with E-state index in [1.165, 1.54) is 4.90 Å². The lowest BCUT2D eigenvalue weighted by atomic mass is 9.81. The van der Waals surface area contributed by atoms with Crippen molar-refractivity contribution in [1.82, 2.24) is 4.90 Å². The van der Waals surface area contributed by atoms with E-state index in [0.29, 0.717) is 38.0 Å². The van der Waals surface area contributed by atoms with E-state index in [-0.39, 0.29) is 43.4 Å². The van der Waals surface area contributed by atoms with E-state index in [4.69, 9.17) is 18.9 Å². The molecule has 11 heteroatoms. The number of ketones is 2. The van der Waals surface area contributed by atoms with Crippen molar-refractivity contribution in [2.75, 3.05) is 20.8 Å². The molecule has 0 aromatic carbocycles. The Hall–Kier alpha value is -2.44. The van der Waals surface area contributed by atoms with Crippen LogP contribution in [0, 0.1) is 29.6 Å². The number of methoxy groups -OCH3 is 2. The first-order valence-corrected chi connectivity index (χ1v) is 19.2. The van der Waals surface area contributed by atoms with Crippen LogP contribution in [-0.4, -0.2) is 102 Å². The molecule has 3 fully saturated rings. The molecule has 3 aliphatic heterocycles. The zero-order chi connectivity index (χ0) is 37.6. The molecule has 0 radical (unpaired) electrons. The fourth-order valence-electron chi connectivity index (χ4n) is 8.45. The average molecular weight is 718 g/mol. The number of carbonyl (C=O) groups excluding carboxylic acids is 4. The molecule has 2 saturated heterocycles. The predicted molar refractivity (Wildman–Crippen MR) is 191 cm³/mol. The fraction of sp³-hybridized carbons (Fsp3) is 0.800. The first-order valence-electron chi connectivity index (χ1n) is 19.2. The molecule has 288 valence electrons. The van der Waals surface area contributed by atoms with Crippen LogP contribution in [-0.2, 0) is 38.1 Å². The maximum atomic E-state index is 14.1. The van der Waals surface area contributed by atoms with Crippen LogP contribution in [0.4, 0.5) is 0 Å². The summed E-state index contributed by atoms with van der Waals surface area (Å²) in [5.41, 5.74) is 1.81. The highest BCUT2D eigenvalue weighted by molar-refractivity contribution is 6.39. The Morgan fingerprint density at radius 1 is 1.00 bits per heavy atom. The van der Waals surface area contributed by atoms with Gasteiger partial charge < -0.3 is 34.1 Å². The predicted octanol–water partition coefficient (Wildman–Crippen LogP) is 5.10. The molecule has 4 aliphatic rings. The van der Waals surface area contributed by atoms with Crippen LogP contribution in [0.3, 0.4) is 0 Å². The molecule has 11 nitrogen and oxygen atoms in total. The maximum absolute atomic E-state index is 14.1. The Morgan fingerprint density at radius 2 is 1.67 bits per heavy atom. The highest BCUT2D eigenvalue weighted by atomic mass is 16.7. The van der Waals surface area contributed by atoms with E-state index in [0.717, 1.165) is 30.4 Å². The SMILES string of the molecule is CC[C@@H]1/C=C(\C)C[C@H](C)C[C@H](OC)[C@H]2O[C@@](O)(C(=O)C(=O)N3CCCC[C@H]3C(=O)O[C@H](/C(C)=C/C3CCC3)[C@H](C)[C@@H](O)CC1=O)[C@H](C)C[C@@H]2OC. The number of aliphatic hydroxyl groups is 2. The van der Waals surface area contributed by atoms with Gasteiger partial charge in [0.1, 0.15) is 24.0 Å². The monoisotopic (exact) mass is 717 g/mol. The molecule has 4 rings (SSSR count). The summed E-state index contributed by atoms with van der Waals surface area (Å²) < 4.78 is 24.1. The summed E-state index contributed by atoms with van der Waals surface area (Å²) in [7, 11) is 3.08. The number of ether oxygens (including phenoxy) is 4. The van der Waals surface area contributed by atoms with Gasteiger partial charge in [0.05, 0.1) is 18.3 Å². The summed E-state index contributed by atoms with van der Waals surface area (Å²) >= 11 is 0. The van der Waals surface area contributed by atoms with Crippen LogP contribution in [0.2, 0.25) is 0 Å². The number of aliphatic hydroxyl groups excluding tert-OH is 1. The largest absolute Gasteiger partial charge is 0.456 e. The van der Waals surface area contributed by atoms with Gasteiger partial charge >= 0.3 is 5.97 Å². The number of esters is 1. The van der Waals surface area contributed by atoms with E-state index in [9.17, 15) is 29.4 Å². The summed E-state index contributed by atoms with van der Waals surface area (Å²) in [5.74, 6) is -6.74. The van der Waals surface area contributed by atoms with Crippen LogP contribution >= 0.6 is 0 Å². The van der Waals surface area contributed by atoms with Gasteiger partial charge in [0.15, 0.2) is 0 Å². The van der Waals surface area contributed by atoms with Crippen LogP contribution in [0.15, 0.2) is 23.3 Å². The molecule has 1 aliphatic carbocycles. The lowest BCUT2D eigenvalue weighted by molar-refractivity contribution is -0.302. The standard InChI is InChI=1S/C40H63NO10/c1-9-29-18-23(2)17-24(3)19-33(48-7)36-34(49-8)21-26(5)40(47,51-36)37(44)38(45)41-16-11-10-15-30(41)39(46)50-35(25(4)20-28-13-12-14-28)27(6)31(42)22-32(29)43/h18,20,24,26-31,33-36,42,47H,9-17,19,21-22H2,1-8H3/b23-18+,25-20+/t24-,26+,27+,29+,30-,31-,33-,34-,35+,36+,40+/m0/s1. The minimum absolute atomic E-state index is 0.0628. The molecule has 2 bridgehead atoms. The summed E-state index contributed by atoms with van der Waals surface area (Å²) in [6, 6.07) is -1.07. The molecular weight excluding hydrogens is 654 g/mol. The lowest BCUT2D eigenvalue weighted by Crippen LogP contribution is -2.64. The van der Waals surface area contributed by atoms with Gasteiger partial charge in [0.2, 0.25) is 5.79 Å². The van der Waals surface area contributed by atoms with Crippen molar-refractivity contribution < 1.29 is 48.3 Å². The molecule has 1 saturated carbocycles. The first kappa shape index (κ1) is 41.3. The van der Waals surface area contributed by atoms with Crippen LogP contribution in [0.1, 0.15) is 112 Å². The second-order valence-electron chi connectivity index (χ2n) is 15.9. The molecule has 0 aromatic heterocycles. The van der Waals surface area contributed by atoms with Gasteiger partial charge in [-0.05, 0) is 89.0 Å². The number of cyclic esters (lactones) is 1. The van der Waals surface area contributed by atoms with E-state index in [1.54, 1.807) is 28.1 Å². The number of amides is 1. The second-order valence-corrected chi connectivity index (χ2v) is 15.9. The highest BCUT2D eigenvalue weighted by Gasteiger charge is 2.56. The van der Waals surface area contributed by atoms with Crippen molar-refractivity contribution >= 4 is 23.4 Å². The number of hydrogen-bond acceptors (Lipinski definition) is 10. The highest BCUT2D eigenvalue weighted by Crippen LogP contribution is 2.39. The second kappa shape index (κ2) is 18.1. The number of carbonyl (C=O) groups is 4. The summed E-state index contributed by atoms with van der Waals surface area (Å²) in [5, 5.41) is 23.4. The number of fused-ring (bicyclic) bond motifs is 3. The van der Waals surface area contributed by atoms with Crippen molar-refractivity contribution in [3.8, 4) is 0 Å². The Morgan fingerprint density at radius 3 is 2.27 bits per heavy atom. The quantitative estimate of drug-likeness (QED) is 0.224. The third kappa shape index (κ3) is 9.57. The van der Waals surface area contributed by atoms with Crippen molar-refractivity contribution in [3.63, 3.8) is 0 Å². The van der Waals surface area contributed by atoms with Gasteiger partial charge in [-0.3, -0.25) is 14.4 Å². The number of hydrogen-bond donors (Lipinski definition) is 2. The lowest BCUT2D eigenvalue weighted by Gasteiger charge is -2.47. The molecule has 51 heavy (non-hydrogen) atoms. The number of rotatable bonds is 5. The first-order chi connectivity index (χ1) is 24.1. The smallest absolute Gasteiger partial charge is 0.329 e. The fourth-order valence-corrected chi connectivity index (χ4v) is 8.45. The van der Waals surface area contributed by atoms with E-state index in [2.05, 4.69) is 13.0 Å². The molecule has 3 heterocycles. The minimum Gasteiger partial charge on any atom is -0.456 e. The molecule has 0 aromatic rings. The van der Waals surface area contributed by atoms with E-state index < -0.39 is 71.8 Å². The zero-order valence-corrected chi connectivity index (χ0v) is 32.1. The molecule has 1 amide bonds. The molecular formula is C40H63NO10. The van der Waals surface area contributed by atoms with E-state index in [1.807, 2.05) is 26.8 Å². The van der Waals surface area contributed by atoms with Gasteiger partial charge in [-0.15, -0.1) is 0 Å².